The second kappa shape index (κ2) is 12.1. The van der Waals surface area contributed by atoms with Crippen LogP contribution < -0.4 is 4.74 Å². The summed E-state index contributed by atoms with van der Waals surface area (Å²) in [5.41, 5.74) is 1.85. The molecule has 0 atom stereocenters. The fourth-order valence-electron chi connectivity index (χ4n) is 4.53. The fraction of sp³-hybridized carbons (Fsp3) is 0.500. The number of piperidine rings is 1. The Morgan fingerprint density at radius 1 is 0.818 bits per heavy atom. The summed E-state index contributed by atoms with van der Waals surface area (Å²) < 4.78 is 5.94. The van der Waals surface area contributed by atoms with Crippen molar-refractivity contribution < 1.29 is 9.53 Å². The maximum Gasteiger partial charge on any atom is 0.253 e. The van der Waals surface area contributed by atoms with E-state index in [2.05, 4.69) is 34.1 Å². The molecule has 1 amide bonds. The van der Waals surface area contributed by atoms with Gasteiger partial charge in [0.25, 0.3) is 5.91 Å². The quantitative estimate of drug-likeness (QED) is 0.477. The highest BCUT2D eigenvalue weighted by Gasteiger charge is 2.22. The van der Waals surface area contributed by atoms with Crippen LogP contribution in [0, 0.1) is 0 Å². The molecule has 0 saturated carbocycles. The molecule has 0 unspecified atom stereocenters. The van der Waals surface area contributed by atoms with Crippen molar-refractivity contribution >= 4 is 29.1 Å². The number of hydrogen-bond acceptors (Lipinski definition) is 4. The third-order valence-corrected chi connectivity index (χ3v) is 7.23. The Morgan fingerprint density at radius 2 is 1.55 bits per heavy atom. The minimum atomic E-state index is 0.00926. The van der Waals surface area contributed by atoms with Gasteiger partial charge in [-0.1, -0.05) is 41.8 Å². The van der Waals surface area contributed by atoms with E-state index >= 15 is 0 Å². The van der Waals surface area contributed by atoms with Gasteiger partial charge in [0, 0.05) is 44.8 Å². The zero-order valence-corrected chi connectivity index (χ0v) is 20.7. The van der Waals surface area contributed by atoms with Gasteiger partial charge in [-0.15, -0.1) is 0 Å². The number of carbonyl (C=O) groups excluding carboxylic acids is 1. The highest BCUT2D eigenvalue weighted by atomic mass is 35.5. The number of piperazine rings is 1. The van der Waals surface area contributed by atoms with Crippen LogP contribution in [0.25, 0.3) is 0 Å². The zero-order valence-electron chi connectivity index (χ0n) is 19.1. The largest absolute Gasteiger partial charge is 0.494 e. The maximum absolute atomic E-state index is 12.8. The van der Waals surface area contributed by atoms with E-state index in [1.165, 1.54) is 37.9 Å². The first-order valence-electron chi connectivity index (χ1n) is 12.0. The van der Waals surface area contributed by atoms with Crippen LogP contribution in [0.1, 0.15) is 41.6 Å². The number of rotatable bonds is 8. The smallest absolute Gasteiger partial charge is 0.253 e. The van der Waals surface area contributed by atoms with E-state index in [9.17, 15) is 4.79 Å². The predicted molar refractivity (Wildman–Crippen MR) is 134 cm³/mol. The molecule has 0 spiro atoms. The molecule has 178 valence electrons. The minimum Gasteiger partial charge on any atom is -0.494 e. The average molecular weight is 490 g/mol. The van der Waals surface area contributed by atoms with E-state index in [1.807, 2.05) is 4.90 Å². The summed E-state index contributed by atoms with van der Waals surface area (Å²) in [6, 6.07) is 13.5. The number of hydrogen-bond donors (Lipinski definition) is 0. The summed E-state index contributed by atoms with van der Waals surface area (Å²) >= 11 is 12.0. The van der Waals surface area contributed by atoms with Crippen LogP contribution in [0.5, 0.6) is 5.75 Å². The normalized spacial score (nSPS) is 17.8. The van der Waals surface area contributed by atoms with Crippen molar-refractivity contribution in [3.8, 4) is 5.75 Å². The van der Waals surface area contributed by atoms with Gasteiger partial charge < -0.3 is 14.5 Å². The molecule has 33 heavy (non-hydrogen) atoms. The van der Waals surface area contributed by atoms with Crippen LogP contribution in [0.3, 0.4) is 0 Å². The lowest BCUT2D eigenvalue weighted by atomic mass is 10.1. The molecule has 2 aromatic carbocycles. The van der Waals surface area contributed by atoms with Gasteiger partial charge in [-0.25, -0.2) is 0 Å². The van der Waals surface area contributed by atoms with E-state index in [4.69, 9.17) is 27.9 Å². The molecule has 2 saturated heterocycles. The Hall–Kier alpha value is -1.79. The van der Waals surface area contributed by atoms with Crippen molar-refractivity contribution in [1.29, 1.82) is 0 Å². The molecule has 2 aliphatic rings. The molecule has 0 bridgehead atoms. The maximum atomic E-state index is 12.8. The third-order valence-electron chi connectivity index (χ3n) is 6.49. The third kappa shape index (κ3) is 7.10. The summed E-state index contributed by atoms with van der Waals surface area (Å²) in [5.74, 6) is 0.949. The van der Waals surface area contributed by atoms with Crippen LogP contribution in [0.2, 0.25) is 10.0 Å². The van der Waals surface area contributed by atoms with Crippen LogP contribution >= 0.6 is 23.2 Å². The molecule has 0 radical (unpaired) electrons. The average Bonchev–Trinajstić information content (AvgIpc) is 2.85. The highest BCUT2D eigenvalue weighted by Crippen LogP contribution is 2.24. The van der Waals surface area contributed by atoms with Crippen LogP contribution in [0.4, 0.5) is 0 Å². The molecule has 0 N–H and O–H groups in total. The number of likely N-dealkylation sites (tertiary alicyclic amines) is 1. The van der Waals surface area contributed by atoms with Gasteiger partial charge in [0.2, 0.25) is 0 Å². The monoisotopic (exact) mass is 489 g/mol. The fourth-order valence-corrected chi connectivity index (χ4v) is 4.83. The first-order chi connectivity index (χ1) is 16.1. The number of ether oxygens (including phenoxy) is 1. The van der Waals surface area contributed by atoms with Gasteiger partial charge in [0.05, 0.1) is 16.7 Å². The molecule has 0 aliphatic carbocycles. The Morgan fingerprint density at radius 3 is 2.24 bits per heavy atom. The van der Waals surface area contributed by atoms with Crippen molar-refractivity contribution in [3.05, 3.63) is 63.6 Å². The van der Waals surface area contributed by atoms with Crippen molar-refractivity contribution in [2.24, 2.45) is 0 Å². The SMILES string of the molecule is O=C(c1ccc(Cl)c(Cl)c1)N1CCN(Cc2ccc(OCCCN3CCCCC3)cc2)CC1. The van der Waals surface area contributed by atoms with Gasteiger partial charge >= 0.3 is 0 Å². The summed E-state index contributed by atoms with van der Waals surface area (Å²) in [6.07, 6.45) is 5.13. The molecule has 7 heteroatoms. The first-order valence-corrected chi connectivity index (χ1v) is 12.7. The van der Waals surface area contributed by atoms with E-state index in [-0.39, 0.29) is 5.91 Å². The lowest BCUT2D eigenvalue weighted by molar-refractivity contribution is 0.0628. The lowest BCUT2D eigenvalue weighted by Gasteiger charge is -2.34. The summed E-state index contributed by atoms with van der Waals surface area (Å²) in [6.45, 7) is 8.38. The molecular formula is C26H33Cl2N3O2. The van der Waals surface area contributed by atoms with Crippen molar-refractivity contribution in [2.75, 3.05) is 52.4 Å². The van der Waals surface area contributed by atoms with Crippen LogP contribution in [0.15, 0.2) is 42.5 Å². The Kier molecular flexibility index (Phi) is 8.90. The van der Waals surface area contributed by atoms with Crippen molar-refractivity contribution in [2.45, 2.75) is 32.2 Å². The van der Waals surface area contributed by atoms with Gasteiger partial charge in [-0.2, -0.15) is 0 Å². The zero-order chi connectivity index (χ0) is 23.0. The topological polar surface area (TPSA) is 36.0 Å². The number of nitrogens with zero attached hydrogens (tertiary/aromatic N) is 3. The summed E-state index contributed by atoms with van der Waals surface area (Å²) in [4.78, 5) is 19.6. The molecule has 0 aromatic heterocycles. The van der Waals surface area contributed by atoms with Crippen LogP contribution in [-0.2, 0) is 6.54 Å². The molecule has 2 aliphatic heterocycles. The van der Waals surface area contributed by atoms with Crippen LogP contribution in [-0.4, -0.2) is 73.0 Å². The minimum absolute atomic E-state index is 0.00926. The van der Waals surface area contributed by atoms with Gasteiger partial charge in [-0.3, -0.25) is 9.69 Å². The molecular weight excluding hydrogens is 457 g/mol. The number of benzene rings is 2. The number of carbonyl (C=O) groups is 1. The predicted octanol–water partition coefficient (Wildman–Crippen LogP) is 5.21. The van der Waals surface area contributed by atoms with E-state index < -0.39 is 0 Å². The van der Waals surface area contributed by atoms with Gasteiger partial charge in [0.1, 0.15) is 5.75 Å². The molecule has 2 aromatic rings. The van der Waals surface area contributed by atoms with E-state index in [0.29, 0.717) is 28.7 Å². The van der Waals surface area contributed by atoms with Crippen molar-refractivity contribution in [3.63, 3.8) is 0 Å². The van der Waals surface area contributed by atoms with Crippen molar-refractivity contribution in [1.82, 2.24) is 14.7 Å². The van der Waals surface area contributed by atoms with Gasteiger partial charge in [0.15, 0.2) is 0 Å². The molecule has 4 rings (SSSR count). The lowest BCUT2D eigenvalue weighted by Crippen LogP contribution is -2.48. The first kappa shape index (κ1) is 24.3. The number of amides is 1. The standard InChI is InChI=1S/C26H33Cl2N3O2/c27-24-10-7-22(19-25(24)28)26(32)31-16-14-30(15-17-31)20-21-5-8-23(9-6-21)33-18-4-13-29-11-2-1-3-12-29/h5-10,19H,1-4,11-18,20H2. The second-order valence-corrected chi connectivity index (χ2v) is 9.76. The Labute approximate surface area is 207 Å². The molecule has 2 fully saturated rings. The van der Waals surface area contributed by atoms with Gasteiger partial charge in [-0.05, 0) is 68.2 Å². The Bertz CT molecular complexity index is 908. The van der Waals surface area contributed by atoms with E-state index in [0.717, 1.165) is 45.0 Å². The Balaban J connectivity index is 1.17. The number of halogens is 2. The van der Waals surface area contributed by atoms with E-state index in [1.54, 1.807) is 18.2 Å². The summed E-state index contributed by atoms with van der Waals surface area (Å²) in [5, 5.41) is 0.877. The summed E-state index contributed by atoms with van der Waals surface area (Å²) in [7, 11) is 0. The second-order valence-electron chi connectivity index (χ2n) is 8.95. The molecule has 2 heterocycles. The molecule has 5 nitrogen and oxygen atoms in total. The highest BCUT2D eigenvalue weighted by molar-refractivity contribution is 6.42.